The molecule has 2 rings (SSSR count). The van der Waals surface area contributed by atoms with Crippen molar-refractivity contribution in [3.05, 3.63) is 36.7 Å². The lowest BCUT2D eigenvalue weighted by Gasteiger charge is -1.96. The van der Waals surface area contributed by atoms with E-state index < -0.39 is 9.05 Å². The average molecular weight is 244 g/mol. The van der Waals surface area contributed by atoms with Gasteiger partial charge in [0, 0.05) is 16.2 Å². The topological polar surface area (TPSA) is 60.2 Å². The molecule has 0 unspecified atom stereocenters. The number of nitrogens with zero attached hydrogens (tertiary/aromatic N) is 1. The van der Waals surface area contributed by atoms with Crippen LogP contribution in [0.2, 0.25) is 0 Å². The van der Waals surface area contributed by atoms with Gasteiger partial charge in [-0.2, -0.15) is 0 Å². The highest BCUT2D eigenvalue weighted by Crippen LogP contribution is 2.27. The molecule has 0 aliphatic carbocycles. The standard InChI is InChI=1S/C9H6ClNO3S/c10-15(12,13)9-8(11-6-14-9)7-4-2-1-3-5-7/h1-6H. The van der Waals surface area contributed by atoms with E-state index in [1.165, 1.54) is 0 Å². The summed E-state index contributed by atoms with van der Waals surface area (Å²) in [5.74, 6) is 0. The second kappa shape index (κ2) is 3.67. The predicted octanol–water partition coefficient (Wildman–Crippen LogP) is 2.27. The first-order valence-electron chi connectivity index (χ1n) is 4.02. The number of halogens is 1. The Morgan fingerprint density at radius 1 is 1.20 bits per heavy atom. The van der Waals surface area contributed by atoms with E-state index in [0.717, 1.165) is 6.39 Å². The van der Waals surface area contributed by atoms with Gasteiger partial charge in [-0.05, 0) is 0 Å². The fourth-order valence-corrected chi connectivity index (χ4v) is 2.08. The van der Waals surface area contributed by atoms with Crippen LogP contribution in [0.4, 0.5) is 0 Å². The summed E-state index contributed by atoms with van der Waals surface area (Å²) in [6.07, 6.45) is 1.05. The maximum Gasteiger partial charge on any atom is 0.296 e. The molecule has 0 saturated carbocycles. The van der Waals surface area contributed by atoms with Crippen LogP contribution in [0.25, 0.3) is 11.3 Å². The highest BCUT2D eigenvalue weighted by molar-refractivity contribution is 8.13. The lowest BCUT2D eigenvalue weighted by Crippen LogP contribution is -1.91. The summed E-state index contributed by atoms with van der Waals surface area (Å²) in [6, 6.07) is 8.81. The maximum absolute atomic E-state index is 11.1. The largest absolute Gasteiger partial charge is 0.430 e. The van der Waals surface area contributed by atoms with E-state index in [1.54, 1.807) is 24.3 Å². The zero-order valence-electron chi connectivity index (χ0n) is 7.42. The Morgan fingerprint density at radius 2 is 1.87 bits per heavy atom. The molecule has 0 radical (unpaired) electrons. The molecule has 1 aromatic carbocycles. The summed E-state index contributed by atoms with van der Waals surface area (Å²) in [4.78, 5) is 3.82. The quantitative estimate of drug-likeness (QED) is 0.759. The maximum atomic E-state index is 11.1. The number of hydrogen-bond acceptors (Lipinski definition) is 4. The van der Waals surface area contributed by atoms with Gasteiger partial charge in [-0.1, -0.05) is 30.3 Å². The molecule has 1 heterocycles. The minimum Gasteiger partial charge on any atom is -0.430 e. The van der Waals surface area contributed by atoms with Gasteiger partial charge in [0.05, 0.1) is 0 Å². The summed E-state index contributed by atoms with van der Waals surface area (Å²) in [6.45, 7) is 0. The van der Waals surface area contributed by atoms with Gasteiger partial charge in [0.15, 0.2) is 6.39 Å². The molecule has 0 fully saturated rings. The van der Waals surface area contributed by atoms with E-state index in [-0.39, 0.29) is 10.8 Å². The Balaban J connectivity index is 2.61. The van der Waals surface area contributed by atoms with Crippen LogP contribution >= 0.6 is 10.7 Å². The number of oxazole rings is 1. The number of rotatable bonds is 2. The summed E-state index contributed by atoms with van der Waals surface area (Å²) in [5, 5.41) is -0.324. The van der Waals surface area contributed by atoms with E-state index in [0.29, 0.717) is 5.56 Å². The zero-order valence-corrected chi connectivity index (χ0v) is 8.99. The van der Waals surface area contributed by atoms with E-state index in [2.05, 4.69) is 4.98 Å². The van der Waals surface area contributed by atoms with Gasteiger partial charge in [-0.3, -0.25) is 0 Å². The van der Waals surface area contributed by atoms with Crippen molar-refractivity contribution < 1.29 is 12.8 Å². The van der Waals surface area contributed by atoms with Crippen molar-refractivity contribution in [1.82, 2.24) is 4.98 Å². The molecule has 2 aromatic rings. The van der Waals surface area contributed by atoms with E-state index in [9.17, 15) is 8.42 Å². The Morgan fingerprint density at radius 3 is 2.47 bits per heavy atom. The van der Waals surface area contributed by atoms with Crippen LogP contribution < -0.4 is 0 Å². The van der Waals surface area contributed by atoms with Crippen LogP contribution in [-0.2, 0) is 9.05 Å². The molecule has 0 bridgehead atoms. The second-order valence-electron chi connectivity index (χ2n) is 2.79. The third kappa shape index (κ3) is 2.03. The van der Waals surface area contributed by atoms with Gasteiger partial charge >= 0.3 is 0 Å². The van der Waals surface area contributed by atoms with E-state index >= 15 is 0 Å². The summed E-state index contributed by atoms with van der Waals surface area (Å²) >= 11 is 0. The molecule has 4 nitrogen and oxygen atoms in total. The summed E-state index contributed by atoms with van der Waals surface area (Å²) in [5.41, 5.74) is 0.871. The minimum absolute atomic E-state index is 0.227. The van der Waals surface area contributed by atoms with Gasteiger partial charge in [0.25, 0.3) is 14.1 Å². The van der Waals surface area contributed by atoms with Crippen LogP contribution in [0.1, 0.15) is 0 Å². The van der Waals surface area contributed by atoms with Gasteiger partial charge < -0.3 is 4.42 Å². The Kier molecular flexibility index (Phi) is 2.50. The van der Waals surface area contributed by atoms with Gasteiger partial charge in [-0.15, -0.1) is 0 Å². The predicted molar refractivity (Wildman–Crippen MR) is 55.0 cm³/mol. The molecule has 0 saturated heterocycles. The van der Waals surface area contributed by atoms with Crippen LogP contribution in [0, 0.1) is 0 Å². The smallest absolute Gasteiger partial charge is 0.296 e. The molecular formula is C9H6ClNO3S. The molecule has 0 aliphatic rings. The average Bonchev–Trinajstić information content (AvgIpc) is 2.67. The molecule has 0 N–H and O–H groups in total. The van der Waals surface area contributed by atoms with Crippen molar-refractivity contribution >= 4 is 19.7 Å². The van der Waals surface area contributed by atoms with E-state index in [1.807, 2.05) is 6.07 Å². The summed E-state index contributed by atoms with van der Waals surface area (Å²) < 4.78 is 27.0. The summed E-state index contributed by atoms with van der Waals surface area (Å²) in [7, 11) is 1.30. The van der Waals surface area contributed by atoms with Crippen LogP contribution in [0.15, 0.2) is 46.2 Å². The normalized spacial score (nSPS) is 11.5. The molecule has 0 amide bonds. The second-order valence-corrected chi connectivity index (χ2v) is 5.26. The van der Waals surface area contributed by atoms with Gasteiger partial charge in [0.2, 0.25) is 0 Å². The van der Waals surface area contributed by atoms with Crippen molar-refractivity contribution in [2.24, 2.45) is 0 Å². The van der Waals surface area contributed by atoms with Crippen LogP contribution in [-0.4, -0.2) is 13.4 Å². The first-order valence-corrected chi connectivity index (χ1v) is 6.33. The molecular weight excluding hydrogens is 238 g/mol. The number of aromatic nitrogens is 1. The first-order chi connectivity index (χ1) is 7.09. The van der Waals surface area contributed by atoms with Crippen molar-refractivity contribution in [1.29, 1.82) is 0 Å². The molecule has 0 atom stereocenters. The SMILES string of the molecule is O=S(=O)(Cl)c1ocnc1-c1ccccc1. The number of hydrogen-bond donors (Lipinski definition) is 0. The van der Waals surface area contributed by atoms with Crippen molar-refractivity contribution in [2.45, 2.75) is 5.09 Å². The van der Waals surface area contributed by atoms with Crippen LogP contribution in [0.3, 0.4) is 0 Å². The molecule has 1 aromatic heterocycles. The van der Waals surface area contributed by atoms with Crippen molar-refractivity contribution in [2.75, 3.05) is 0 Å². The lowest BCUT2D eigenvalue weighted by atomic mass is 10.2. The lowest BCUT2D eigenvalue weighted by molar-refractivity contribution is 0.452. The van der Waals surface area contributed by atoms with E-state index in [4.69, 9.17) is 15.1 Å². The third-order valence-electron chi connectivity index (χ3n) is 1.80. The third-order valence-corrected chi connectivity index (χ3v) is 2.96. The van der Waals surface area contributed by atoms with Gasteiger partial charge in [0.1, 0.15) is 5.69 Å². The number of benzene rings is 1. The zero-order chi connectivity index (χ0) is 10.9. The van der Waals surface area contributed by atoms with Crippen molar-refractivity contribution in [3.8, 4) is 11.3 Å². The molecule has 78 valence electrons. The highest BCUT2D eigenvalue weighted by atomic mass is 35.7. The fraction of sp³-hybridized carbons (Fsp3) is 0. The molecule has 6 heteroatoms. The Bertz CT molecular complexity index is 562. The van der Waals surface area contributed by atoms with Crippen molar-refractivity contribution in [3.63, 3.8) is 0 Å². The fourth-order valence-electron chi connectivity index (χ4n) is 1.20. The molecule has 15 heavy (non-hydrogen) atoms. The first kappa shape index (κ1) is 10.2. The highest BCUT2D eigenvalue weighted by Gasteiger charge is 2.22. The molecule has 0 aliphatic heterocycles. The Hall–Kier alpha value is -1.33. The van der Waals surface area contributed by atoms with Crippen LogP contribution in [0.5, 0.6) is 0 Å². The minimum atomic E-state index is -3.90. The monoisotopic (exact) mass is 243 g/mol. The molecule has 0 spiro atoms. The van der Waals surface area contributed by atoms with Gasteiger partial charge in [-0.25, -0.2) is 13.4 Å². The Labute approximate surface area is 90.9 Å².